The van der Waals surface area contributed by atoms with Crippen molar-refractivity contribution in [3.63, 3.8) is 0 Å². The van der Waals surface area contributed by atoms with Crippen LogP contribution in [0, 0.1) is 5.41 Å². The molecule has 0 radical (unpaired) electrons. The molecule has 0 spiro atoms. The zero-order valence-electron chi connectivity index (χ0n) is 20.7. The standard InChI is InChI=1S/C24H42N6O2/c1-24(2,3)21(23(32)25-4)27-22(31)20-18-17-28(5)12-10-16-30(18)19(26-20)11-9-15-29-13-7-6-8-14-29/h21H,6-17H2,1-5H3,(H,25,32)(H,27,31). The fourth-order valence-electron chi connectivity index (χ4n) is 4.83. The molecule has 32 heavy (non-hydrogen) atoms. The Morgan fingerprint density at radius 3 is 2.44 bits per heavy atom. The average molecular weight is 447 g/mol. The number of fused-ring (bicyclic) bond motifs is 1. The normalized spacial score (nSPS) is 19.2. The Morgan fingerprint density at radius 1 is 1.06 bits per heavy atom. The number of amides is 2. The summed E-state index contributed by atoms with van der Waals surface area (Å²) < 4.78 is 2.26. The molecule has 2 aliphatic rings. The van der Waals surface area contributed by atoms with Crippen LogP contribution in [0.2, 0.25) is 0 Å². The number of carbonyl (C=O) groups is 2. The van der Waals surface area contributed by atoms with E-state index in [-0.39, 0.29) is 11.8 Å². The maximum Gasteiger partial charge on any atom is 0.272 e. The fourth-order valence-corrected chi connectivity index (χ4v) is 4.83. The third-order valence-electron chi connectivity index (χ3n) is 6.68. The highest BCUT2D eigenvalue weighted by Crippen LogP contribution is 2.23. The van der Waals surface area contributed by atoms with E-state index in [0.717, 1.165) is 50.4 Å². The number of aryl methyl sites for hydroxylation is 1. The Balaban J connectivity index is 1.79. The smallest absolute Gasteiger partial charge is 0.272 e. The molecule has 0 aliphatic carbocycles. The summed E-state index contributed by atoms with van der Waals surface area (Å²) in [6.45, 7) is 11.9. The number of carbonyl (C=O) groups excluding carboxylic acids is 2. The van der Waals surface area contributed by atoms with Gasteiger partial charge >= 0.3 is 0 Å². The van der Waals surface area contributed by atoms with E-state index in [1.807, 2.05) is 20.8 Å². The summed E-state index contributed by atoms with van der Waals surface area (Å²) >= 11 is 0. The number of likely N-dealkylation sites (tertiary alicyclic amines) is 1. The quantitative estimate of drug-likeness (QED) is 0.670. The van der Waals surface area contributed by atoms with Gasteiger partial charge in [0.2, 0.25) is 5.91 Å². The highest BCUT2D eigenvalue weighted by atomic mass is 16.2. The monoisotopic (exact) mass is 446 g/mol. The number of hydrogen-bond acceptors (Lipinski definition) is 5. The summed E-state index contributed by atoms with van der Waals surface area (Å²) in [6, 6.07) is -0.622. The first-order valence-electron chi connectivity index (χ1n) is 12.2. The number of piperidine rings is 1. The minimum atomic E-state index is -0.622. The van der Waals surface area contributed by atoms with E-state index in [4.69, 9.17) is 4.98 Å². The van der Waals surface area contributed by atoms with E-state index in [1.54, 1.807) is 7.05 Å². The van der Waals surface area contributed by atoms with Crippen molar-refractivity contribution in [2.24, 2.45) is 5.41 Å². The lowest BCUT2D eigenvalue weighted by atomic mass is 9.86. The molecule has 180 valence electrons. The van der Waals surface area contributed by atoms with Crippen LogP contribution in [0.25, 0.3) is 0 Å². The first-order chi connectivity index (χ1) is 15.2. The van der Waals surface area contributed by atoms with Gasteiger partial charge < -0.3 is 25.0 Å². The van der Waals surface area contributed by atoms with Gasteiger partial charge in [-0.25, -0.2) is 4.98 Å². The van der Waals surface area contributed by atoms with Gasteiger partial charge in [-0.3, -0.25) is 9.59 Å². The second kappa shape index (κ2) is 10.8. The molecule has 1 atom stereocenters. The van der Waals surface area contributed by atoms with Gasteiger partial charge in [0.1, 0.15) is 11.9 Å². The number of hydrogen-bond donors (Lipinski definition) is 2. The van der Waals surface area contributed by atoms with E-state index in [9.17, 15) is 9.59 Å². The molecule has 8 heteroatoms. The molecule has 3 heterocycles. The van der Waals surface area contributed by atoms with Crippen LogP contribution in [0.3, 0.4) is 0 Å². The van der Waals surface area contributed by atoms with Crippen molar-refractivity contribution >= 4 is 11.8 Å². The Bertz CT molecular complexity index is 791. The van der Waals surface area contributed by atoms with Crippen LogP contribution in [0.15, 0.2) is 0 Å². The number of nitrogens with one attached hydrogen (secondary N) is 2. The summed E-state index contributed by atoms with van der Waals surface area (Å²) in [5.41, 5.74) is 1.05. The lowest BCUT2D eigenvalue weighted by Gasteiger charge is -2.29. The molecule has 1 aromatic heterocycles. The van der Waals surface area contributed by atoms with Crippen molar-refractivity contribution in [3.05, 3.63) is 17.2 Å². The molecule has 1 saturated heterocycles. The molecule has 1 aromatic rings. The van der Waals surface area contributed by atoms with Crippen LogP contribution >= 0.6 is 0 Å². The molecular formula is C24H42N6O2. The molecule has 1 fully saturated rings. The summed E-state index contributed by atoms with van der Waals surface area (Å²) in [5, 5.41) is 5.66. The zero-order chi connectivity index (χ0) is 23.3. The number of likely N-dealkylation sites (N-methyl/N-ethyl adjacent to an activating group) is 1. The van der Waals surface area contributed by atoms with Crippen molar-refractivity contribution in [1.29, 1.82) is 0 Å². The van der Waals surface area contributed by atoms with Gasteiger partial charge in [-0.15, -0.1) is 0 Å². The lowest BCUT2D eigenvalue weighted by Crippen LogP contribution is -2.53. The van der Waals surface area contributed by atoms with E-state index in [0.29, 0.717) is 12.2 Å². The van der Waals surface area contributed by atoms with Crippen LogP contribution in [0.4, 0.5) is 0 Å². The summed E-state index contributed by atoms with van der Waals surface area (Å²) in [5.74, 6) is 0.564. The van der Waals surface area contributed by atoms with Gasteiger partial charge in [0.15, 0.2) is 5.69 Å². The van der Waals surface area contributed by atoms with Gasteiger partial charge in [0.05, 0.1) is 5.69 Å². The SMILES string of the molecule is CNC(=O)C(NC(=O)c1nc(CCCN2CCCCC2)n2c1CN(C)CCC2)C(C)(C)C. The van der Waals surface area contributed by atoms with Gasteiger partial charge in [-0.05, 0) is 64.3 Å². The van der Waals surface area contributed by atoms with Crippen LogP contribution < -0.4 is 10.6 Å². The van der Waals surface area contributed by atoms with Crippen molar-refractivity contribution < 1.29 is 9.59 Å². The molecule has 0 bridgehead atoms. The number of rotatable bonds is 7. The summed E-state index contributed by atoms with van der Waals surface area (Å²) in [6.07, 6.45) is 6.92. The molecule has 0 saturated carbocycles. The van der Waals surface area contributed by atoms with Crippen LogP contribution in [0.1, 0.15) is 74.9 Å². The Morgan fingerprint density at radius 2 is 1.78 bits per heavy atom. The third kappa shape index (κ3) is 6.10. The van der Waals surface area contributed by atoms with Gasteiger partial charge in [0, 0.05) is 26.6 Å². The summed E-state index contributed by atoms with van der Waals surface area (Å²) in [7, 11) is 3.69. The van der Waals surface area contributed by atoms with Crippen molar-refractivity contribution in [3.8, 4) is 0 Å². The second-order valence-corrected chi connectivity index (χ2v) is 10.5. The average Bonchev–Trinajstić information content (AvgIpc) is 2.96. The molecule has 2 aliphatic heterocycles. The fraction of sp³-hybridized carbons (Fsp3) is 0.792. The second-order valence-electron chi connectivity index (χ2n) is 10.5. The number of nitrogens with zero attached hydrogens (tertiary/aromatic N) is 4. The Kier molecular flexibility index (Phi) is 8.33. The Hall–Kier alpha value is -1.93. The molecule has 8 nitrogen and oxygen atoms in total. The predicted molar refractivity (Wildman–Crippen MR) is 127 cm³/mol. The third-order valence-corrected chi connectivity index (χ3v) is 6.68. The minimum absolute atomic E-state index is 0.185. The van der Waals surface area contributed by atoms with E-state index >= 15 is 0 Å². The zero-order valence-corrected chi connectivity index (χ0v) is 20.7. The Labute approximate surface area is 193 Å². The highest BCUT2D eigenvalue weighted by molar-refractivity contribution is 5.97. The molecule has 3 rings (SSSR count). The van der Waals surface area contributed by atoms with E-state index < -0.39 is 11.5 Å². The molecule has 2 N–H and O–H groups in total. The van der Waals surface area contributed by atoms with E-state index in [2.05, 4.69) is 32.0 Å². The molecule has 0 aromatic carbocycles. The minimum Gasteiger partial charge on any atom is -0.357 e. The van der Waals surface area contributed by atoms with Crippen molar-refractivity contribution in [1.82, 2.24) is 30.0 Å². The van der Waals surface area contributed by atoms with Crippen LogP contribution in [-0.2, 0) is 24.3 Å². The van der Waals surface area contributed by atoms with Crippen molar-refractivity contribution in [2.45, 2.75) is 78.4 Å². The largest absolute Gasteiger partial charge is 0.357 e. The molecular weight excluding hydrogens is 404 g/mol. The molecule has 1 unspecified atom stereocenters. The number of aromatic nitrogens is 2. The number of imidazole rings is 1. The topological polar surface area (TPSA) is 82.5 Å². The van der Waals surface area contributed by atoms with Crippen LogP contribution in [0.5, 0.6) is 0 Å². The van der Waals surface area contributed by atoms with Gasteiger partial charge in [-0.2, -0.15) is 0 Å². The van der Waals surface area contributed by atoms with E-state index in [1.165, 1.54) is 32.4 Å². The maximum absolute atomic E-state index is 13.4. The van der Waals surface area contributed by atoms with Crippen molar-refractivity contribution in [2.75, 3.05) is 40.3 Å². The van der Waals surface area contributed by atoms with Gasteiger partial charge in [0.25, 0.3) is 5.91 Å². The summed E-state index contributed by atoms with van der Waals surface area (Å²) in [4.78, 5) is 35.4. The first kappa shape index (κ1) is 24.7. The van der Waals surface area contributed by atoms with Crippen LogP contribution in [-0.4, -0.2) is 77.5 Å². The first-order valence-corrected chi connectivity index (χ1v) is 12.2. The maximum atomic E-state index is 13.4. The van der Waals surface area contributed by atoms with Gasteiger partial charge in [-0.1, -0.05) is 27.2 Å². The lowest BCUT2D eigenvalue weighted by molar-refractivity contribution is -0.124. The predicted octanol–water partition coefficient (Wildman–Crippen LogP) is 2.03. The molecule has 2 amide bonds. The highest BCUT2D eigenvalue weighted by Gasteiger charge is 2.34.